The van der Waals surface area contributed by atoms with Gasteiger partial charge in [-0.2, -0.15) is 5.26 Å². The smallest absolute Gasteiger partial charge is 0.147 e. The van der Waals surface area contributed by atoms with E-state index in [1.165, 1.54) is 12.8 Å². The molecule has 2 unspecified atom stereocenters. The molecule has 0 N–H and O–H groups in total. The maximum absolute atomic E-state index is 9.34. The number of anilines is 1. The van der Waals surface area contributed by atoms with Crippen LogP contribution in [0.15, 0.2) is 6.07 Å². The Bertz CT molecular complexity index is 487. The highest BCUT2D eigenvalue weighted by Crippen LogP contribution is 2.30. The summed E-state index contributed by atoms with van der Waals surface area (Å²) in [7, 11) is 0. The number of pyridine rings is 1. The number of piperidine rings is 1. The molecule has 2 rings (SSSR count). The lowest BCUT2D eigenvalue weighted by molar-refractivity contribution is 0.375. The Morgan fingerprint density at radius 3 is 2.72 bits per heavy atom. The van der Waals surface area contributed by atoms with Crippen LogP contribution in [-0.4, -0.2) is 17.6 Å². The van der Waals surface area contributed by atoms with Crippen molar-refractivity contribution in [3.63, 3.8) is 0 Å². The average molecular weight is 243 g/mol. The van der Waals surface area contributed by atoms with Crippen molar-refractivity contribution in [2.45, 2.75) is 46.6 Å². The van der Waals surface area contributed by atoms with Crippen molar-refractivity contribution in [1.29, 1.82) is 5.26 Å². The lowest BCUT2D eigenvalue weighted by atomic mass is 9.93. The quantitative estimate of drug-likeness (QED) is 0.760. The van der Waals surface area contributed by atoms with E-state index in [0.717, 1.165) is 35.1 Å². The number of hydrogen-bond acceptors (Lipinski definition) is 3. The molecule has 1 aromatic heterocycles. The first kappa shape index (κ1) is 12.9. The lowest BCUT2D eigenvalue weighted by Crippen LogP contribution is -2.41. The van der Waals surface area contributed by atoms with Crippen LogP contribution >= 0.6 is 0 Å². The second-order valence-corrected chi connectivity index (χ2v) is 5.56. The fourth-order valence-corrected chi connectivity index (χ4v) is 2.88. The summed E-state index contributed by atoms with van der Waals surface area (Å²) < 4.78 is 0. The number of hydrogen-bond donors (Lipinski definition) is 0. The minimum Gasteiger partial charge on any atom is -0.353 e. The number of aromatic nitrogens is 1. The normalized spacial score (nSPS) is 23.8. The molecular formula is C15H21N3. The molecule has 0 saturated carbocycles. The van der Waals surface area contributed by atoms with E-state index in [0.29, 0.717) is 6.04 Å². The first-order valence-electron chi connectivity index (χ1n) is 6.68. The van der Waals surface area contributed by atoms with Crippen molar-refractivity contribution in [1.82, 2.24) is 4.98 Å². The summed E-state index contributed by atoms with van der Waals surface area (Å²) in [5.74, 6) is 1.65. The zero-order chi connectivity index (χ0) is 13.3. The van der Waals surface area contributed by atoms with Crippen LogP contribution in [0.3, 0.4) is 0 Å². The van der Waals surface area contributed by atoms with Gasteiger partial charge in [-0.25, -0.2) is 4.98 Å². The van der Waals surface area contributed by atoms with Gasteiger partial charge in [0.05, 0.1) is 5.56 Å². The fraction of sp³-hybridized carbons (Fsp3) is 0.600. The molecule has 3 heteroatoms. The van der Waals surface area contributed by atoms with Gasteiger partial charge < -0.3 is 4.90 Å². The van der Waals surface area contributed by atoms with Gasteiger partial charge in [0.2, 0.25) is 0 Å². The van der Waals surface area contributed by atoms with Crippen LogP contribution in [0.2, 0.25) is 0 Å². The van der Waals surface area contributed by atoms with Gasteiger partial charge in [-0.15, -0.1) is 0 Å². The first-order valence-corrected chi connectivity index (χ1v) is 6.68. The van der Waals surface area contributed by atoms with Crippen LogP contribution < -0.4 is 4.90 Å². The summed E-state index contributed by atoms with van der Waals surface area (Å²) in [4.78, 5) is 6.91. The van der Waals surface area contributed by atoms with Gasteiger partial charge in [0.25, 0.3) is 0 Å². The van der Waals surface area contributed by atoms with E-state index in [1.807, 2.05) is 19.9 Å². The molecule has 0 aromatic carbocycles. The summed E-state index contributed by atoms with van der Waals surface area (Å²) in [6.45, 7) is 9.53. The topological polar surface area (TPSA) is 39.9 Å². The molecule has 0 radical (unpaired) electrons. The van der Waals surface area contributed by atoms with Gasteiger partial charge >= 0.3 is 0 Å². The number of nitriles is 1. The summed E-state index contributed by atoms with van der Waals surface area (Å²) in [5.41, 5.74) is 2.76. The van der Waals surface area contributed by atoms with E-state index in [1.54, 1.807) is 0 Å². The monoisotopic (exact) mass is 243 g/mol. The Morgan fingerprint density at radius 1 is 1.39 bits per heavy atom. The van der Waals surface area contributed by atoms with Gasteiger partial charge in [0, 0.05) is 18.3 Å². The van der Waals surface area contributed by atoms with Crippen LogP contribution in [0.1, 0.15) is 43.5 Å². The Balaban J connectivity index is 2.42. The van der Waals surface area contributed by atoms with Crippen LogP contribution in [0.5, 0.6) is 0 Å². The number of aryl methyl sites for hydroxylation is 2. The molecule has 0 bridgehead atoms. The highest BCUT2D eigenvalue weighted by molar-refractivity contribution is 5.58. The summed E-state index contributed by atoms with van der Waals surface area (Å²) in [6.07, 6.45) is 2.36. The van der Waals surface area contributed by atoms with Gasteiger partial charge in [0.1, 0.15) is 11.9 Å². The predicted molar refractivity (Wildman–Crippen MR) is 73.6 cm³/mol. The van der Waals surface area contributed by atoms with Gasteiger partial charge in [-0.3, -0.25) is 0 Å². The van der Waals surface area contributed by atoms with Crippen LogP contribution in [0.4, 0.5) is 5.82 Å². The molecule has 1 aromatic rings. The summed E-state index contributed by atoms with van der Waals surface area (Å²) in [5, 5.41) is 9.34. The Kier molecular flexibility index (Phi) is 3.56. The number of rotatable bonds is 1. The zero-order valence-corrected chi connectivity index (χ0v) is 11.7. The van der Waals surface area contributed by atoms with Crippen LogP contribution in [0, 0.1) is 31.1 Å². The maximum atomic E-state index is 9.34. The maximum Gasteiger partial charge on any atom is 0.147 e. The molecule has 18 heavy (non-hydrogen) atoms. The minimum atomic E-state index is 0.467. The van der Waals surface area contributed by atoms with Crippen LogP contribution in [0.25, 0.3) is 0 Å². The standard InChI is InChI=1S/C15H21N3/c1-10-5-6-18(13(4)7-10)15-14(9-16)11(2)8-12(3)17-15/h8,10,13H,5-7H2,1-4H3. The van der Waals surface area contributed by atoms with Crippen molar-refractivity contribution in [2.75, 3.05) is 11.4 Å². The zero-order valence-electron chi connectivity index (χ0n) is 11.7. The molecule has 0 amide bonds. The molecule has 2 heterocycles. The molecule has 1 saturated heterocycles. The summed E-state index contributed by atoms with van der Waals surface area (Å²) >= 11 is 0. The molecule has 96 valence electrons. The fourth-order valence-electron chi connectivity index (χ4n) is 2.88. The molecule has 1 aliphatic heterocycles. The van der Waals surface area contributed by atoms with Crippen molar-refractivity contribution in [2.24, 2.45) is 5.92 Å². The van der Waals surface area contributed by atoms with E-state index in [2.05, 4.69) is 29.8 Å². The third-order valence-electron chi connectivity index (χ3n) is 3.85. The van der Waals surface area contributed by atoms with Crippen molar-refractivity contribution < 1.29 is 0 Å². The summed E-state index contributed by atoms with van der Waals surface area (Å²) in [6, 6.07) is 4.77. The third kappa shape index (κ3) is 2.33. The van der Waals surface area contributed by atoms with Crippen molar-refractivity contribution in [3.05, 3.63) is 22.9 Å². The van der Waals surface area contributed by atoms with E-state index in [9.17, 15) is 5.26 Å². The van der Waals surface area contributed by atoms with E-state index in [4.69, 9.17) is 0 Å². The van der Waals surface area contributed by atoms with E-state index < -0.39 is 0 Å². The Labute approximate surface area is 109 Å². The molecule has 1 fully saturated rings. The van der Waals surface area contributed by atoms with E-state index >= 15 is 0 Å². The first-order chi connectivity index (χ1) is 8.52. The Morgan fingerprint density at radius 2 is 2.11 bits per heavy atom. The predicted octanol–water partition coefficient (Wildman–Crippen LogP) is 3.19. The molecule has 0 aliphatic carbocycles. The highest BCUT2D eigenvalue weighted by atomic mass is 15.2. The SMILES string of the molecule is Cc1cc(C)c(C#N)c(N2CCC(C)CC2C)n1. The van der Waals surface area contributed by atoms with Crippen molar-refractivity contribution >= 4 is 5.82 Å². The second kappa shape index (κ2) is 4.97. The molecular weight excluding hydrogens is 222 g/mol. The molecule has 0 spiro atoms. The van der Waals surface area contributed by atoms with E-state index in [-0.39, 0.29) is 0 Å². The van der Waals surface area contributed by atoms with Crippen LogP contribution in [-0.2, 0) is 0 Å². The molecule has 3 nitrogen and oxygen atoms in total. The van der Waals surface area contributed by atoms with Gasteiger partial charge in [-0.05, 0) is 51.2 Å². The lowest BCUT2D eigenvalue weighted by Gasteiger charge is -2.38. The molecule has 1 aliphatic rings. The second-order valence-electron chi connectivity index (χ2n) is 5.56. The third-order valence-corrected chi connectivity index (χ3v) is 3.85. The molecule has 2 atom stereocenters. The number of nitrogens with zero attached hydrogens (tertiary/aromatic N) is 3. The van der Waals surface area contributed by atoms with Gasteiger partial charge in [0.15, 0.2) is 0 Å². The largest absolute Gasteiger partial charge is 0.353 e. The highest BCUT2D eigenvalue weighted by Gasteiger charge is 2.26. The minimum absolute atomic E-state index is 0.467. The Hall–Kier alpha value is -1.56. The average Bonchev–Trinajstić information content (AvgIpc) is 2.28. The van der Waals surface area contributed by atoms with Crippen molar-refractivity contribution in [3.8, 4) is 6.07 Å². The van der Waals surface area contributed by atoms with Gasteiger partial charge in [-0.1, -0.05) is 6.92 Å².